The lowest BCUT2D eigenvalue weighted by atomic mass is 9.95. The third kappa shape index (κ3) is 3.59. The third-order valence-corrected chi connectivity index (χ3v) is 3.36. The van der Waals surface area contributed by atoms with E-state index in [4.69, 9.17) is 9.47 Å². The molecule has 2 atom stereocenters. The monoisotopic (exact) mass is 256 g/mol. The van der Waals surface area contributed by atoms with Crippen LogP contribution < -0.4 is 5.32 Å². The van der Waals surface area contributed by atoms with Gasteiger partial charge in [-0.25, -0.2) is 4.79 Å². The van der Waals surface area contributed by atoms with Crippen molar-refractivity contribution in [2.75, 3.05) is 32.8 Å². The first-order valence-electron chi connectivity index (χ1n) is 6.76. The molecule has 2 aliphatic rings. The van der Waals surface area contributed by atoms with E-state index >= 15 is 0 Å². The SMILES string of the molecule is CC(C)(C)OC(=O)N1CCOC2CNCCC2C1. The minimum Gasteiger partial charge on any atom is -0.444 e. The van der Waals surface area contributed by atoms with E-state index in [1.807, 2.05) is 20.8 Å². The lowest BCUT2D eigenvalue weighted by molar-refractivity contribution is 0.0178. The van der Waals surface area contributed by atoms with E-state index < -0.39 is 5.60 Å². The molecular formula is C13H24N2O3. The second kappa shape index (κ2) is 5.45. The van der Waals surface area contributed by atoms with Crippen LogP contribution in [0.4, 0.5) is 4.79 Å². The lowest BCUT2D eigenvalue weighted by Crippen LogP contribution is -2.46. The van der Waals surface area contributed by atoms with Crippen molar-refractivity contribution in [3.63, 3.8) is 0 Å². The first-order chi connectivity index (χ1) is 8.46. The highest BCUT2D eigenvalue weighted by Gasteiger charge is 2.33. The molecule has 104 valence electrons. The number of hydrogen-bond acceptors (Lipinski definition) is 4. The molecule has 0 aliphatic carbocycles. The predicted molar refractivity (Wildman–Crippen MR) is 68.5 cm³/mol. The van der Waals surface area contributed by atoms with E-state index in [0.717, 1.165) is 26.1 Å². The van der Waals surface area contributed by atoms with Crippen LogP contribution in [0.15, 0.2) is 0 Å². The first kappa shape index (κ1) is 13.6. The van der Waals surface area contributed by atoms with Crippen LogP contribution >= 0.6 is 0 Å². The third-order valence-electron chi connectivity index (χ3n) is 3.36. The fraction of sp³-hybridized carbons (Fsp3) is 0.923. The van der Waals surface area contributed by atoms with Gasteiger partial charge in [-0.05, 0) is 33.7 Å². The number of hydrogen-bond donors (Lipinski definition) is 1. The molecule has 0 saturated carbocycles. The molecule has 0 aromatic rings. The zero-order valence-electron chi connectivity index (χ0n) is 11.6. The Balaban J connectivity index is 1.95. The average molecular weight is 256 g/mol. The highest BCUT2D eigenvalue weighted by Crippen LogP contribution is 2.21. The van der Waals surface area contributed by atoms with Gasteiger partial charge in [-0.3, -0.25) is 0 Å². The molecule has 1 N–H and O–H groups in total. The van der Waals surface area contributed by atoms with E-state index in [2.05, 4.69) is 5.32 Å². The summed E-state index contributed by atoms with van der Waals surface area (Å²) in [6.07, 6.45) is 1.08. The predicted octanol–water partition coefficient (Wildman–Crippen LogP) is 1.23. The summed E-state index contributed by atoms with van der Waals surface area (Å²) in [5.41, 5.74) is -0.433. The van der Waals surface area contributed by atoms with Gasteiger partial charge in [0.25, 0.3) is 0 Å². The summed E-state index contributed by atoms with van der Waals surface area (Å²) in [4.78, 5) is 13.9. The van der Waals surface area contributed by atoms with Gasteiger partial charge in [0.15, 0.2) is 0 Å². The Morgan fingerprint density at radius 1 is 1.44 bits per heavy atom. The summed E-state index contributed by atoms with van der Waals surface area (Å²) in [5, 5.41) is 3.33. The number of carbonyl (C=O) groups is 1. The number of nitrogens with one attached hydrogen (secondary N) is 1. The average Bonchev–Trinajstić information content (AvgIpc) is 2.48. The number of amides is 1. The quantitative estimate of drug-likeness (QED) is 0.708. The normalized spacial score (nSPS) is 29.4. The van der Waals surface area contributed by atoms with Crippen molar-refractivity contribution in [1.29, 1.82) is 0 Å². The number of ether oxygens (including phenoxy) is 2. The number of rotatable bonds is 0. The maximum Gasteiger partial charge on any atom is 0.410 e. The molecule has 2 unspecified atom stereocenters. The molecule has 2 saturated heterocycles. The summed E-state index contributed by atoms with van der Waals surface area (Å²) in [6, 6.07) is 0. The summed E-state index contributed by atoms with van der Waals surface area (Å²) in [7, 11) is 0. The Bertz CT molecular complexity index is 301. The molecular weight excluding hydrogens is 232 g/mol. The number of carbonyl (C=O) groups excluding carboxylic acids is 1. The van der Waals surface area contributed by atoms with Crippen LogP contribution in [0.2, 0.25) is 0 Å². The molecule has 0 radical (unpaired) electrons. The maximum absolute atomic E-state index is 12.1. The zero-order valence-corrected chi connectivity index (χ0v) is 11.6. The topological polar surface area (TPSA) is 50.8 Å². The smallest absolute Gasteiger partial charge is 0.410 e. The van der Waals surface area contributed by atoms with Crippen molar-refractivity contribution < 1.29 is 14.3 Å². The Labute approximate surface area is 109 Å². The van der Waals surface area contributed by atoms with Crippen molar-refractivity contribution in [2.45, 2.75) is 38.9 Å². The second-order valence-electron chi connectivity index (χ2n) is 6.09. The van der Waals surface area contributed by atoms with Crippen LogP contribution in [0, 0.1) is 5.92 Å². The molecule has 0 spiro atoms. The Morgan fingerprint density at radius 3 is 2.94 bits per heavy atom. The van der Waals surface area contributed by atoms with Crippen molar-refractivity contribution in [2.24, 2.45) is 5.92 Å². The number of fused-ring (bicyclic) bond motifs is 1. The van der Waals surface area contributed by atoms with Gasteiger partial charge in [0.05, 0.1) is 12.7 Å². The maximum atomic E-state index is 12.1. The van der Waals surface area contributed by atoms with Crippen LogP contribution in [0.3, 0.4) is 0 Å². The van der Waals surface area contributed by atoms with Crippen LogP contribution in [-0.4, -0.2) is 55.5 Å². The van der Waals surface area contributed by atoms with E-state index in [9.17, 15) is 4.79 Å². The van der Waals surface area contributed by atoms with E-state index in [-0.39, 0.29) is 12.2 Å². The van der Waals surface area contributed by atoms with Gasteiger partial charge in [-0.15, -0.1) is 0 Å². The van der Waals surface area contributed by atoms with Gasteiger partial charge >= 0.3 is 6.09 Å². The minimum atomic E-state index is -0.433. The molecule has 0 bridgehead atoms. The summed E-state index contributed by atoms with van der Waals surface area (Å²) >= 11 is 0. The van der Waals surface area contributed by atoms with Crippen molar-refractivity contribution >= 4 is 6.09 Å². The van der Waals surface area contributed by atoms with Gasteiger partial charge in [0.2, 0.25) is 0 Å². The van der Waals surface area contributed by atoms with E-state index in [1.165, 1.54) is 0 Å². The summed E-state index contributed by atoms with van der Waals surface area (Å²) in [5.74, 6) is 0.432. The molecule has 2 fully saturated rings. The second-order valence-corrected chi connectivity index (χ2v) is 6.09. The highest BCUT2D eigenvalue weighted by atomic mass is 16.6. The van der Waals surface area contributed by atoms with Gasteiger partial charge in [-0.1, -0.05) is 0 Å². The van der Waals surface area contributed by atoms with Gasteiger partial charge in [-0.2, -0.15) is 0 Å². The lowest BCUT2D eigenvalue weighted by Gasteiger charge is -2.32. The molecule has 2 heterocycles. The molecule has 1 amide bonds. The zero-order chi connectivity index (χ0) is 13.2. The summed E-state index contributed by atoms with van der Waals surface area (Å²) in [6.45, 7) is 9.57. The largest absolute Gasteiger partial charge is 0.444 e. The molecule has 2 aliphatic heterocycles. The fourth-order valence-corrected chi connectivity index (χ4v) is 2.47. The number of piperidine rings is 1. The Morgan fingerprint density at radius 2 is 2.22 bits per heavy atom. The van der Waals surface area contributed by atoms with Crippen LogP contribution in [0.25, 0.3) is 0 Å². The van der Waals surface area contributed by atoms with E-state index in [1.54, 1.807) is 4.90 Å². The summed E-state index contributed by atoms with van der Waals surface area (Å²) < 4.78 is 11.2. The molecule has 0 aromatic carbocycles. The highest BCUT2D eigenvalue weighted by molar-refractivity contribution is 5.68. The molecule has 0 aromatic heterocycles. The molecule has 2 rings (SSSR count). The van der Waals surface area contributed by atoms with Gasteiger partial charge < -0.3 is 19.7 Å². The van der Waals surface area contributed by atoms with Crippen LogP contribution in [0.5, 0.6) is 0 Å². The van der Waals surface area contributed by atoms with E-state index in [0.29, 0.717) is 19.1 Å². The van der Waals surface area contributed by atoms with Crippen molar-refractivity contribution in [3.05, 3.63) is 0 Å². The molecule has 5 nitrogen and oxygen atoms in total. The first-order valence-corrected chi connectivity index (χ1v) is 6.76. The standard InChI is InChI=1S/C13H24N2O3/c1-13(2,3)18-12(16)15-6-7-17-11-8-14-5-4-10(11)9-15/h10-11,14H,4-9H2,1-3H3. The minimum absolute atomic E-state index is 0.217. The number of nitrogens with zero attached hydrogens (tertiary/aromatic N) is 1. The van der Waals surface area contributed by atoms with Crippen molar-refractivity contribution in [3.8, 4) is 0 Å². The van der Waals surface area contributed by atoms with Crippen LogP contribution in [0.1, 0.15) is 27.2 Å². The molecule has 5 heteroatoms. The van der Waals surface area contributed by atoms with Gasteiger partial charge in [0.1, 0.15) is 5.60 Å². The fourth-order valence-electron chi connectivity index (χ4n) is 2.47. The molecule has 18 heavy (non-hydrogen) atoms. The van der Waals surface area contributed by atoms with Gasteiger partial charge in [0, 0.05) is 25.6 Å². The van der Waals surface area contributed by atoms with Crippen LogP contribution in [-0.2, 0) is 9.47 Å². The Hall–Kier alpha value is -0.810. The van der Waals surface area contributed by atoms with Crippen molar-refractivity contribution in [1.82, 2.24) is 10.2 Å². The Kier molecular flexibility index (Phi) is 4.12.